The second-order valence-corrected chi connectivity index (χ2v) is 6.10. The lowest BCUT2D eigenvalue weighted by molar-refractivity contribution is 0.101. The maximum atomic E-state index is 11.8. The van der Waals surface area contributed by atoms with E-state index in [0.29, 0.717) is 5.69 Å². The lowest BCUT2D eigenvalue weighted by Gasteiger charge is -2.31. The first-order valence-electron chi connectivity index (χ1n) is 6.72. The van der Waals surface area contributed by atoms with Crippen LogP contribution in [0.15, 0.2) is 6.20 Å². The van der Waals surface area contributed by atoms with E-state index in [4.69, 9.17) is 0 Å². The van der Waals surface area contributed by atoms with Crippen LogP contribution in [-0.4, -0.2) is 25.5 Å². The Bertz CT molecular complexity index is 728. The molecule has 0 saturated heterocycles. The number of Topliss-reactive ketones (excluding diaryl/α,β-unsaturated/α-hetero) is 1. The summed E-state index contributed by atoms with van der Waals surface area (Å²) >= 11 is 0. The molecule has 5 heteroatoms. The second kappa shape index (κ2) is 3.98. The largest absolute Gasteiger partial charge is 0.293 e. The van der Waals surface area contributed by atoms with E-state index in [1.165, 1.54) is 0 Å². The molecule has 1 aliphatic rings. The van der Waals surface area contributed by atoms with Gasteiger partial charge in [0.2, 0.25) is 0 Å². The van der Waals surface area contributed by atoms with Gasteiger partial charge in [0.25, 0.3) is 0 Å². The number of aromatic nitrogens is 4. The molecule has 2 heterocycles. The van der Waals surface area contributed by atoms with Crippen molar-refractivity contribution in [2.24, 2.45) is 7.05 Å². The summed E-state index contributed by atoms with van der Waals surface area (Å²) in [6.45, 7) is 7.76. The topological polar surface area (TPSA) is 60.7 Å². The molecule has 2 aromatic heterocycles. The van der Waals surface area contributed by atoms with Crippen LogP contribution >= 0.6 is 0 Å². The minimum atomic E-state index is -0.0940. The van der Waals surface area contributed by atoms with Crippen molar-refractivity contribution in [3.8, 4) is 11.4 Å². The highest BCUT2D eigenvalue weighted by atomic mass is 16.1. The summed E-state index contributed by atoms with van der Waals surface area (Å²) in [5, 5.41) is 4.39. The fourth-order valence-electron chi connectivity index (χ4n) is 3.00. The van der Waals surface area contributed by atoms with E-state index in [1.807, 2.05) is 20.2 Å². The zero-order chi connectivity index (χ0) is 14.7. The molecule has 0 bridgehead atoms. The number of ketones is 1. The van der Waals surface area contributed by atoms with Crippen LogP contribution in [0, 0.1) is 6.92 Å². The molecule has 0 radical (unpaired) electrons. The minimum absolute atomic E-state index is 0.00637. The molecule has 20 heavy (non-hydrogen) atoms. The van der Waals surface area contributed by atoms with Crippen LogP contribution in [0.2, 0.25) is 0 Å². The van der Waals surface area contributed by atoms with Crippen LogP contribution in [0.1, 0.15) is 48.2 Å². The first-order valence-corrected chi connectivity index (χ1v) is 6.72. The average Bonchev–Trinajstić information content (AvgIpc) is 2.65. The highest BCUT2D eigenvalue weighted by molar-refractivity contribution is 5.95. The zero-order valence-electron chi connectivity index (χ0n) is 12.5. The number of fused-ring (bicyclic) bond motifs is 3. The Labute approximate surface area is 118 Å². The quantitative estimate of drug-likeness (QED) is 0.745. The third-order valence-corrected chi connectivity index (χ3v) is 3.96. The molecule has 5 nitrogen and oxygen atoms in total. The standard InChI is InChI=1S/C15H18N4O/c1-8(20)12-10-6-15(3,4)11-7-16-9(2)17-13(11)14(10)19(5)18-12/h7H,6H2,1-5H3. The Morgan fingerprint density at radius 2 is 2.10 bits per heavy atom. The fraction of sp³-hybridized carbons (Fsp3) is 0.467. The number of hydrogen-bond acceptors (Lipinski definition) is 4. The molecule has 0 amide bonds. The van der Waals surface area contributed by atoms with Crippen molar-refractivity contribution < 1.29 is 4.79 Å². The Morgan fingerprint density at radius 1 is 1.40 bits per heavy atom. The molecule has 104 valence electrons. The second-order valence-electron chi connectivity index (χ2n) is 6.10. The van der Waals surface area contributed by atoms with Gasteiger partial charge in [0.05, 0.1) is 11.4 Å². The summed E-state index contributed by atoms with van der Waals surface area (Å²) in [6.07, 6.45) is 2.69. The molecule has 0 unspecified atom stereocenters. The van der Waals surface area contributed by atoms with Crippen LogP contribution in [0.5, 0.6) is 0 Å². The predicted octanol–water partition coefficient (Wildman–Crippen LogP) is 2.22. The van der Waals surface area contributed by atoms with Gasteiger partial charge in [-0.3, -0.25) is 9.48 Å². The number of aryl methyl sites for hydroxylation is 2. The van der Waals surface area contributed by atoms with Crippen molar-refractivity contribution in [1.29, 1.82) is 0 Å². The third kappa shape index (κ3) is 1.69. The third-order valence-electron chi connectivity index (χ3n) is 3.96. The summed E-state index contributed by atoms with van der Waals surface area (Å²) in [6, 6.07) is 0. The summed E-state index contributed by atoms with van der Waals surface area (Å²) in [5.41, 5.74) is 4.46. The highest BCUT2D eigenvalue weighted by Gasteiger charge is 2.37. The number of hydrogen-bond donors (Lipinski definition) is 0. The molecule has 0 fully saturated rings. The minimum Gasteiger partial charge on any atom is -0.293 e. The van der Waals surface area contributed by atoms with Crippen molar-refractivity contribution in [2.45, 2.75) is 39.5 Å². The summed E-state index contributed by atoms with van der Waals surface area (Å²) < 4.78 is 1.77. The Hall–Kier alpha value is -2.04. The SMILES string of the molecule is CC(=O)c1nn(C)c2c1CC(C)(C)c1cnc(C)nc1-2. The van der Waals surface area contributed by atoms with Gasteiger partial charge < -0.3 is 0 Å². The van der Waals surface area contributed by atoms with Crippen molar-refractivity contribution in [3.63, 3.8) is 0 Å². The molecule has 0 N–H and O–H groups in total. The maximum Gasteiger partial charge on any atom is 0.180 e. The molecule has 1 aliphatic carbocycles. The molecule has 2 aromatic rings. The molecular weight excluding hydrogens is 252 g/mol. The molecule has 3 rings (SSSR count). The van der Waals surface area contributed by atoms with Crippen molar-refractivity contribution >= 4 is 5.78 Å². The van der Waals surface area contributed by atoms with E-state index in [-0.39, 0.29) is 11.2 Å². The predicted molar refractivity (Wildman–Crippen MR) is 75.7 cm³/mol. The van der Waals surface area contributed by atoms with E-state index in [1.54, 1.807) is 11.6 Å². The first kappa shape index (κ1) is 13.0. The van der Waals surface area contributed by atoms with Gasteiger partial charge in [-0.15, -0.1) is 0 Å². The Morgan fingerprint density at radius 3 is 2.75 bits per heavy atom. The molecular formula is C15H18N4O. The van der Waals surface area contributed by atoms with E-state index in [2.05, 4.69) is 28.9 Å². The van der Waals surface area contributed by atoms with Crippen molar-refractivity contribution in [3.05, 3.63) is 28.8 Å². The molecule has 0 aromatic carbocycles. The van der Waals surface area contributed by atoms with E-state index in [0.717, 1.165) is 34.8 Å². The van der Waals surface area contributed by atoms with Gasteiger partial charge >= 0.3 is 0 Å². The molecule has 0 aliphatic heterocycles. The first-order chi connectivity index (χ1) is 9.31. The fourth-order valence-corrected chi connectivity index (χ4v) is 3.00. The van der Waals surface area contributed by atoms with Gasteiger partial charge in [-0.05, 0) is 18.8 Å². The van der Waals surface area contributed by atoms with E-state index >= 15 is 0 Å². The van der Waals surface area contributed by atoms with Gasteiger partial charge in [-0.2, -0.15) is 5.10 Å². The van der Waals surface area contributed by atoms with Gasteiger partial charge in [0, 0.05) is 31.3 Å². The van der Waals surface area contributed by atoms with Gasteiger partial charge in [-0.1, -0.05) is 13.8 Å². The normalized spacial score (nSPS) is 15.7. The monoisotopic (exact) mass is 270 g/mol. The van der Waals surface area contributed by atoms with Crippen LogP contribution in [0.4, 0.5) is 0 Å². The summed E-state index contributed by atoms with van der Waals surface area (Å²) in [4.78, 5) is 20.7. The zero-order valence-corrected chi connectivity index (χ0v) is 12.5. The molecule has 0 atom stereocenters. The van der Waals surface area contributed by atoms with Crippen LogP contribution < -0.4 is 0 Å². The summed E-state index contributed by atoms with van der Waals surface area (Å²) in [5.74, 6) is 0.741. The van der Waals surface area contributed by atoms with Crippen LogP contribution in [-0.2, 0) is 18.9 Å². The Kier molecular flexibility index (Phi) is 2.58. The maximum absolute atomic E-state index is 11.8. The van der Waals surface area contributed by atoms with E-state index in [9.17, 15) is 4.79 Å². The van der Waals surface area contributed by atoms with Gasteiger partial charge in [0.1, 0.15) is 11.5 Å². The number of carbonyl (C=O) groups is 1. The molecule has 0 saturated carbocycles. The van der Waals surface area contributed by atoms with Crippen molar-refractivity contribution in [2.75, 3.05) is 0 Å². The van der Waals surface area contributed by atoms with Gasteiger partial charge in [-0.25, -0.2) is 9.97 Å². The molecule has 0 spiro atoms. The number of carbonyl (C=O) groups excluding carboxylic acids is 1. The van der Waals surface area contributed by atoms with Crippen LogP contribution in [0.25, 0.3) is 11.4 Å². The Balaban J connectivity index is 2.38. The van der Waals surface area contributed by atoms with Crippen LogP contribution in [0.3, 0.4) is 0 Å². The summed E-state index contributed by atoms with van der Waals surface area (Å²) in [7, 11) is 1.87. The highest BCUT2D eigenvalue weighted by Crippen LogP contribution is 2.42. The van der Waals surface area contributed by atoms with E-state index < -0.39 is 0 Å². The lowest BCUT2D eigenvalue weighted by atomic mass is 9.73. The lowest BCUT2D eigenvalue weighted by Crippen LogP contribution is -2.27. The average molecular weight is 270 g/mol. The van der Waals surface area contributed by atoms with Gasteiger partial charge in [0.15, 0.2) is 5.78 Å². The van der Waals surface area contributed by atoms with Crippen molar-refractivity contribution in [1.82, 2.24) is 19.7 Å². The number of nitrogens with zero attached hydrogens (tertiary/aromatic N) is 4. The number of rotatable bonds is 1. The smallest absolute Gasteiger partial charge is 0.180 e.